The van der Waals surface area contributed by atoms with Gasteiger partial charge in [0.1, 0.15) is 11.6 Å². The number of hydrogen-bond acceptors (Lipinski definition) is 4. The van der Waals surface area contributed by atoms with Crippen LogP contribution in [0.2, 0.25) is 0 Å². The molecule has 0 spiro atoms. The Morgan fingerprint density at radius 1 is 1.30 bits per heavy atom. The van der Waals surface area contributed by atoms with Crippen molar-refractivity contribution in [2.45, 2.75) is 51.0 Å². The van der Waals surface area contributed by atoms with Crippen LogP contribution in [0.4, 0.5) is 5.69 Å². The van der Waals surface area contributed by atoms with Crippen molar-refractivity contribution < 1.29 is 9.90 Å². The van der Waals surface area contributed by atoms with Crippen molar-refractivity contribution in [3.63, 3.8) is 0 Å². The number of aryl methyl sites for hydroxylation is 1. The van der Waals surface area contributed by atoms with Gasteiger partial charge in [-0.3, -0.25) is 9.36 Å². The van der Waals surface area contributed by atoms with Crippen molar-refractivity contribution in [3.8, 4) is 5.82 Å². The predicted octanol–water partition coefficient (Wildman–Crippen LogP) is 2.60. The van der Waals surface area contributed by atoms with Crippen LogP contribution < -0.4 is 5.32 Å². The number of aliphatic hydroxyl groups is 1. The normalized spacial score (nSPS) is 17.0. The zero-order valence-electron chi connectivity index (χ0n) is 13.3. The second kappa shape index (κ2) is 6.50. The number of anilines is 1. The molecule has 1 amide bonds. The van der Waals surface area contributed by atoms with Gasteiger partial charge >= 0.3 is 0 Å². The van der Waals surface area contributed by atoms with Gasteiger partial charge in [-0.05, 0) is 31.9 Å². The van der Waals surface area contributed by atoms with Gasteiger partial charge in [-0.2, -0.15) is 0 Å². The van der Waals surface area contributed by atoms with E-state index in [0.29, 0.717) is 18.5 Å². The number of hydrogen-bond donors (Lipinski definition) is 2. The van der Waals surface area contributed by atoms with Crippen LogP contribution in [0.3, 0.4) is 0 Å². The molecule has 0 aromatic carbocycles. The number of aromatic nitrogens is 3. The SMILES string of the molecule is Cc1nccn1-c1ccc(NC(=O)CC2(O)CCCCC2)cn1. The van der Waals surface area contributed by atoms with Gasteiger partial charge in [0.15, 0.2) is 0 Å². The number of amides is 1. The lowest BCUT2D eigenvalue weighted by molar-refractivity contribution is -0.122. The summed E-state index contributed by atoms with van der Waals surface area (Å²) in [4.78, 5) is 20.6. The second-order valence-corrected chi connectivity index (χ2v) is 6.26. The van der Waals surface area contributed by atoms with E-state index in [1.165, 1.54) is 0 Å². The molecule has 0 atom stereocenters. The van der Waals surface area contributed by atoms with Gasteiger partial charge in [-0.15, -0.1) is 0 Å². The minimum Gasteiger partial charge on any atom is -0.389 e. The Labute approximate surface area is 135 Å². The van der Waals surface area contributed by atoms with E-state index in [9.17, 15) is 9.90 Å². The predicted molar refractivity (Wildman–Crippen MR) is 87.4 cm³/mol. The highest BCUT2D eigenvalue weighted by Gasteiger charge is 2.31. The number of imidazole rings is 1. The van der Waals surface area contributed by atoms with Gasteiger partial charge < -0.3 is 10.4 Å². The molecule has 0 saturated heterocycles. The van der Waals surface area contributed by atoms with E-state index in [-0.39, 0.29) is 12.3 Å². The lowest BCUT2D eigenvalue weighted by Crippen LogP contribution is -2.35. The van der Waals surface area contributed by atoms with Crippen LogP contribution in [0.1, 0.15) is 44.3 Å². The van der Waals surface area contributed by atoms with E-state index in [1.807, 2.05) is 29.8 Å². The molecular formula is C17H22N4O2. The van der Waals surface area contributed by atoms with Crippen LogP contribution in [-0.2, 0) is 4.79 Å². The summed E-state index contributed by atoms with van der Waals surface area (Å²) in [5.74, 6) is 1.44. The van der Waals surface area contributed by atoms with Crippen molar-refractivity contribution in [1.82, 2.24) is 14.5 Å². The molecule has 0 bridgehead atoms. The summed E-state index contributed by atoms with van der Waals surface area (Å²) in [6.07, 6.45) is 9.87. The first kappa shape index (κ1) is 15.7. The Hall–Kier alpha value is -2.21. The first-order valence-electron chi connectivity index (χ1n) is 8.04. The summed E-state index contributed by atoms with van der Waals surface area (Å²) >= 11 is 0. The van der Waals surface area contributed by atoms with Crippen LogP contribution in [0.25, 0.3) is 5.82 Å². The van der Waals surface area contributed by atoms with Crippen LogP contribution in [-0.4, -0.2) is 31.1 Å². The minimum absolute atomic E-state index is 0.148. The molecule has 0 unspecified atom stereocenters. The quantitative estimate of drug-likeness (QED) is 0.909. The third-order valence-corrected chi connectivity index (χ3v) is 4.38. The average Bonchev–Trinajstić information content (AvgIpc) is 2.94. The fourth-order valence-electron chi connectivity index (χ4n) is 3.11. The van der Waals surface area contributed by atoms with Crippen molar-refractivity contribution in [1.29, 1.82) is 0 Å². The second-order valence-electron chi connectivity index (χ2n) is 6.26. The zero-order valence-corrected chi connectivity index (χ0v) is 13.3. The number of pyridine rings is 1. The van der Waals surface area contributed by atoms with Crippen molar-refractivity contribution >= 4 is 11.6 Å². The van der Waals surface area contributed by atoms with E-state index in [4.69, 9.17) is 0 Å². The van der Waals surface area contributed by atoms with Gasteiger partial charge in [0, 0.05) is 12.4 Å². The number of carbonyl (C=O) groups is 1. The van der Waals surface area contributed by atoms with E-state index < -0.39 is 5.60 Å². The van der Waals surface area contributed by atoms with E-state index >= 15 is 0 Å². The highest BCUT2D eigenvalue weighted by Crippen LogP contribution is 2.31. The first-order valence-corrected chi connectivity index (χ1v) is 8.04. The molecule has 1 fully saturated rings. The number of carbonyl (C=O) groups excluding carboxylic acids is 1. The average molecular weight is 314 g/mol. The standard InChI is InChI=1S/C17H22N4O2/c1-13-18-9-10-21(13)15-6-5-14(12-19-15)20-16(22)11-17(23)7-3-2-4-8-17/h5-6,9-10,12,23H,2-4,7-8,11H2,1H3,(H,20,22). The van der Waals surface area contributed by atoms with Crippen LogP contribution in [0, 0.1) is 6.92 Å². The number of nitrogens with zero attached hydrogens (tertiary/aromatic N) is 3. The Morgan fingerprint density at radius 3 is 2.70 bits per heavy atom. The Bertz CT molecular complexity index is 672. The molecule has 1 aliphatic carbocycles. The maximum Gasteiger partial charge on any atom is 0.227 e. The molecule has 6 heteroatoms. The molecule has 0 radical (unpaired) electrons. The fraction of sp³-hybridized carbons (Fsp3) is 0.471. The minimum atomic E-state index is -0.844. The molecule has 1 saturated carbocycles. The lowest BCUT2D eigenvalue weighted by atomic mass is 9.82. The zero-order chi connectivity index (χ0) is 16.3. The van der Waals surface area contributed by atoms with Crippen molar-refractivity contribution in [3.05, 3.63) is 36.5 Å². The summed E-state index contributed by atoms with van der Waals surface area (Å²) in [6, 6.07) is 3.64. The van der Waals surface area contributed by atoms with Crippen LogP contribution in [0.15, 0.2) is 30.7 Å². The van der Waals surface area contributed by atoms with E-state index in [2.05, 4.69) is 15.3 Å². The third kappa shape index (κ3) is 3.76. The molecule has 3 rings (SSSR count). The summed E-state index contributed by atoms with van der Waals surface area (Å²) in [7, 11) is 0. The maximum absolute atomic E-state index is 12.1. The maximum atomic E-state index is 12.1. The van der Waals surface area contributed by atoms with Gasteiger partial charge in [-0.1, -0.05) is 19.3 Å². The molecule has 6 nitrogen and oxygen atoms in total. The van der Waals surface area contributed by atoms with E-state index in [0.717, 1.165) is 30.9 Å². The summed E-state index contributed by atoms with van der Waals surface area (Å²) in [5, 5.41) is 13.2. The topological polar surface area (TPSA) is 80.0 Å². The van der Waals surface area contributed by atoms with Crippen molar-refractivity contribution in [2.75, 3.05) is 5.32 Å². The fourth-order valence-corrected chi connectivity index (χ4v) is 3.11. The highest BCUT2D eigenvalue weighted by atomic mass is 16.3. The largest absolute Gasteiger partial charge is 0.389 e. The molecule has 2 N–H and O–H groups in total. The Kier molecular flexibility index (Phi) is 4.43. The first-order chi connectivity index (χ1) is 11.1. The molecular weight excluding hydrogens is 292 g/mol. The summed E-state index contributed by atoms with van der Waals surface area (Å²) < 4.78 is 1.87. The molecule has 23 heavy (non-hydrogen) atoms. The molecule has 0 aliphatic heterocycles. The number of rotatable bonds is 4. The van der Waals surface area contributed by atoms with E-state index in [1.54, 1.807) is 12.4 Å². The highest BCUT2D eigenvalue weighted by molar-refractivity contribution is 5.91. The molecule has 1 aliphatic rings. The van der Waals surface area contributed by atoms with Gasteiger partial charge in [0.25, 0.3) is 0 Å². The number of nitrogens with one attached hydrogen (secondary N) is 1. The Balaban J connectivity index is 1.62. The summed E-state index contributed by atoms with van der Waals surface area (Å²) in [6.45, 7) is 1.90. The van der Waals surface area contributed by atoms with Gasteiger partial charge in [0.05, 0.1) is 23.9 Å². The molecule has 122 valence electrons. The Morgan fingerprint density at radius 2 is 2.09 bits per heavy atom. The monoisotopic (exact) mass is 314 g/mol. The van der Waals surface area contributed by atoms with Crippen LogP contribution in [0.5, 0.6) is 0 Å². The van der Waals surface area contributed by atoms with Gasteiger partial charge in [0.2, 0.25) is 5.91 Å². The summed E-state index contributed by atoms with van der Waals surface area (Å²) in [5.41, 5.74) is -0.209. The van der Waals surface area contributed by atoms with Crippen molar-refractivity contribution in [2.24, 2.45) is 0 Å². The lowest BCUT2D eigenvalue weighted by Gasteiger charge is -2.31. The van der Waals surface area contributed by atoms with Crippen LogP contribution >= 0.6 is 0 Å². The molecule has 2 aromatic rings. The van der Waals surface area contributed by atoms with Gasteiger partial charge in [-0.25, -0.2) is 9.97 Å². The third-order valence-electron chi connectivity index (χ3n) is 4.38. The molecule has 2 aromatic heterocycles. The smallest absolute Gasteiger partial charge is 0.227 e. The molecule has 2 heterocycles.